The molecule has 0 aliphatic carbocycles. The fourth-order valence-electron chi connectivity index (χ4n) is 3.20. The maximum absolute atomic E-state index is 9.48. The van der Waals surface area contributed by atoms with E-state index in [0.29, 0.717) is 13.0 Å². The van der Waals surface area contributed by atoms with Crippen LogP contribution in [0, 0.1) is 0 Å². The number of hydrogen-bond donors (Lipinski definition) is 3. The first-order chi connectivity index (χ1) is 11.8. The van der Waals surface area contributed by atoms with E-state index in [-0.39, 0.29) is 0 Å². The molecule has 0 aromatic carbocycles. The van der Waals surface area contributed by atoms with E-state index in [1.165, 1.54) is 103 Å². The summed E-state index contributed by atoms with van der Waals surface area (Å²) in [5.74, 6) is 0. The average molecular weight is 343 g/mol. The van der Waals surface area contributed by atoms with E-state index in [4.69, 9.17) is 5.73 Å². The lowest BCUT2D eigenvalue weighted by Gasteiger charge is -2.11. The summed E-state index contributed by atoms with van der Waals surface area (Å²) in [6, 6.07) is 0. The number of unbranched alkanes of at least 4 members (excludes halogenated alkanes) is 15. The van der Waals surface area contributed by atoms with Crippen molar-refractivity contribution in [2.45, 2.75) is 122 Å². The SMILES string of the molecule is CCCCCCCCCCCCCCCCCCNC(O)CCN. The van der Waals surface area contributed by atoms with Gasteiger partial charge in [0.05, 0.1) is 0 Å². The molecule has 0 radical (unpaired) electrons. The summed E-state index contributed by atoms with van der Waals surface area (Å²) in [5.41, 5.74) is 5.40. The summed E-state index contributed by atoms with van der Waals surface area (Å²) < 4.78 is 0. The Balaban J connectivity index is 3.00. The molecule has 0 aromatic rings. The molecular formula is C21H46N2O. The second kappa shape index (κ2) is 20.9. The Morgan fingerprint density at radius 1 is 0.667 bits per heavy atom. The smallest absolute Gasteiger partial charge is 0.106 e. The van der Waals surface area contributed by atoms with Crippen LogP contribution in [-0.4, -0.2) is 24.4 Å². The molecule has 0 aromatic heterocycles. The largest absolute Gasteiger partial charge is 0.379 e. The molecule has 0 fully saturated rings. The molecule has 1 atom stereocenters. The maximum atomic E-state index is 9.48. The normalized spacial score (nSPS) is 12.6. The van der Waals surface area contributed by atoms with E-state index in [2.05, 4.69) is 12.2 Å². The van der Waals surface area contributed by atoms with Crippen molar-refractivity contribution in [1.29, 1.82) is 0 Å². The Morgan fingerprint density at radius 3 is 1.42 bits per heavy atom. The zero-order chi connectivity index (χ0) is 17.7. The summed E-state index contributed by atoms with van der Waals surface area (Å²) in [4.78, 5) is 0. The van der Waals surface area contributed by atoms with Gasteiger partial charge in [-0.05, 0) is 25.9 Å². The molecule has 0 heterocycles. The van der Waals surface area contributed by atoms with Crippen molar-refractivity contribution in [2.75, 3.05) is 13.1 Å². The Labute approximate surface area is 152 Å². The molecule has 0 amide bonds. The Hall–Kier alpha value is -0.120. The minimum absolute atomic E-state index is 0.411. The van der Waals surface area contributed by atoms with Gasteiger partial charge in [-0.25, -0.2) is 0 Å². The van der Waals surface area contributed by atoms with Crippen LogP contribution in [0.5, 0.6) is 0 Å². The Morgan fingerprint density at radius 2 is 1.04 bits per heavy atom. The Kier molecular flexibility index (Phi) is 20.8. The number of hydrogen-bond acceptors (Lipinski definition) is 3. The lowest BCUT2D eigenvalue weighted by Crippen LogP contribution is -2.31. The van der Waals surface area contributed by atoms with E-state index in [9.17, 15) is 5.11 Å². The van der Waals surface area contributed by atoms with E-state index < -0.39 is 6.23 Å². The second-order valence-electron chi connectivity index (χ2n) is 7.35. The van der Waals surface area contributed by atoms with Gasteiger partial charge >= 0.3 is 0 Å². The Bertz CT molecular complexity index is 224. The minimum Gasteiger partial charge on any atom is -0.379 e. The van der Waals surface area contributed by atoms with Crippen LogP contribution in [0.4, 0.5) is 0 Å². The number of rotatable bonds is 20. The van der Waals surface area contributed by atoms with Crippen LogP contribution in [0.3, 0.4) is 0 Å². The number of aliphatic hydroxyl groups excluding tert-OH is 1. The standard InChI is InChI=1S/C21H46N2O/c1-2-3-4-5-6-7-8-9-10-11-12-13-14-15-16-17-20-23-21(24)18-19-22/h21,23-24H,2-20,22H2,1H3. The van der Waals surface area contributed by atoms with Crippen molar-refractivity contribution in [1.82, 2.24) is 5.32 Å². The minimum atomic E-state index is -0.411. The topological polar surface area (TPSA) is 58.3 Å². The van der Waals surface area contributed by atoms with Crippen LogP contribution in [0.15, 0.2) is 0 Å². The summed E-state index contributed by atoms with van der Waals surface area (Å²) in [6.45, 7) is 3.75. The van der Waals surface area contributed by atoms with Gasteiger partial charge in [0.25, 0.3) is 0 Å². The molecule has 24 heavy (non-hydrogen) atoms. The van der Waals surface area contributed by atoms with Crippen molar-refractivity contribution in [3.8, 4) is 0 Å². The summed E-state index contributed by atoms with van der Waals surface area (Å²) in [6.07, 6.45) is 22.6. The number of nitrogens with two attached hydrogens (primary N) is 1. The molecule has 3 heteroatoms. The molecule has 0 bridgehead atoms. The first-order valence-corrected chi connectivity index (χ1v) is 10.9. The number of aliphatic hydroxyl groups is 1. The predicted octanol–water partition coefficient (Wildman–Crippen LogP) is 5.50. The van der Waals surface area contributed by atoms with Crippen molar-refractivity contribution in [3.63, 3.8) is 0 Å². The molecule has 0 aliphatic heterocycles. The van der Waals surface area contributed by atoms with Crippen LogP contribution in [-0.2, 0) is 0 Å². The van der Waals surface area contributed by atoms with Crippen molar-refractivity contribution >= 4 is 0 Å². The molecule has 146 valence electrons. The van der Waals surface area contributed by atoms with E-state index >= 15 is 0 Å². The molecule has 0 saturated heterocycles. The van der Waals surface area contributed by atoms with Gasteiger partial charge < -0.3 is 10.8 Å². The van der Waals surface area contributed by atoms with Crippen LogP contribution >= 0.6 is 0 Å². The zero-order valence-corrected chi connectivity index (χ0v) is 16.5. The zero-order valence-electron chi connectivity index (χ0n) is 16.5. The summed E-state index contributed by atoms with van der Waals surface area (Å²) in [7, 11) is 0. The fourth-order valence-corrected chi connectivity index (χ4v) is 3.20. The monoisotopic (exact) mass is 342 g/mol. The molecule has 3 nitrogen and oxygen atoms in total. The first-order valence-electron chi connectivity index (χ1n) is 10.9. The third-order valence-corrected chi connectivity index (χ3v) is 4.85. The van der Waals surface area contributed by atoms with E-state index in [1.807, 2.05) is 0 Å². The van der Waals surface area contributed by atoms with Crippen LogP contribution in [0.2, 0.25) is 0 Å². The highest BCUT2D eigenvalue weighted by molar-refractivity contribution is 4.55. The van der Waals surface area contributed by atoms with Crippen LogP contribution in [0.1, 0.15) is 116 Å². The van der Waals surface area contributed by atoms with Gasteiger partial charge in [-0.15, -0.1) is 0 Å². The molecule has 0 aliphatic rings. The second-order valence-corrected chi connectivity index (χ2v) is 7.35. The van der Waals surface area contributed by atoms with Crippen molar-refractivity contribution < 1.29 is 5.11 Å². The molecule has 4 N–H and O–H groups in total. The lowest BCUT2D eigenvalue weighted by molar-refractivity contribution is 0.130. The van der Waals surface area contributed by atoms with Gasteiger partial charge in [-0.1, -0.05) is 103 Å². The molecule has 0 rings (SSSR count). The van der Waals surface area contributed by atoms with Gasteiger partial charge in [-0.3, -0.25) is 5.32 Å². The summed E-state index contributed by atoms with van der Waals surface area (Å²) >= 11 is 0. The highest BCUT2D eigenvalue weighted by Crippen LogP contribution is 2.13. The maximum Gasteiger partial charge on any atom is 0.106 e. The molecule has 0 saturated carbocycles. The van der Waals surface area contributed by atoms with Crippen molar-refractivity contribution in [2.24, 2.45) is 5.73 Å². The molecule has 0 spiro atoms. The quantitative estimate of drug-likeness (QED) is 0.202. The molecule has 1 unspecified atom stereocenters. The highest BCUT2D eigenvalue weighted by Gasteiger charge is 2.00. The third kappa shape index (κ3) is 19.9. The van der Waals surface area contributed by atoms with E-state index in [0.717, 1.165) is 6.54 Å². The fraction of sp³-hybridized carbons (Fsp3) is 1.00. The third-order valence-electron chi connectivity index (χ3n) is 4.85. The van der Waals surface area contributed by atoms with Gasteiger partial charge in [0.1, 0.15) is 6.23 Å². The van der Waals surface area contributed by atoms with Crippen LogP contribution < -0.4 is 11.1 Å². The van der Waals surface area contributed by atoms with E-state index in [1.54, 1.807) is 0 Å². The lowest BCUT2D eigenvalue weighted by atomic mass is 10.0. The average Bonchev–Trinajstić information content (AvgIpc) is 2.58. The predicted molar refractivity (Wildman–Crippen MR) is 107 cm³/mol. The first kappa shape index (κ1) is 23.9. The van der Waals surface area contributed by atoms with Gasteiger partial charge in [0.2, 0.25) is 0 Å². The van der Waals surface area contributed by atoms with Gasteiger partial charge in [-0.2, -0.15) is 0 Å². The van der Waals surface area contributed by atoms with Crippen molar-refractivity contribution in [3.05, 3.63) is 0 Å². The highest BCUT2D eigenvalue weighted by atomic mass is 16.3. The number of nitrogens with one attached hydrogen (secondary N) is 1. The van der Waals surface area contributed by atoms with Gasteiger partial charge in [0, 0.05) is 0 Å². The molecular weight excluding hydrogens is 296 g/mol. The summed E-state index contributed by atoms with van der Waals surface area (Å²) in [5, 5.41) is 12.6. The van der Waals surface area contributed by atoms with Crippen LogP contribution in [0.25, 0.3) is 0 Å². The van der Waals surface area contributed by atoms with Gasteiger partial charge in [0.15, 0.2) is 0 Å².